The van der Waals surface area contributed by atoms with Gasteiger partial charge < -0.3 is 9.80 Å². The molecule has 0 aliphatic carbocycles. The van der Waals surface area contributed by atoms with Gasteiger partial charge in [0.2, 0.25) is 5.91 Å². The molecular weight excluding hydrogens is 228 g/mol. The fourth-order valence-corrected chi connectivity index (χ4v) is 1.75. The van der Waals surface area contributed by atoms with E-state index in [0.29, 0.717) is 24.3 Å². The molecule has 0 saturated heterocycles. The summed E-state index contributed by atoms with van der Waals surface area (Å²) in [4.78, 5) is 19.5. The number of pyridine rings is 1. The maximum absolute atomic E-state index is 12.0. The summed E-state index contributed by atoms with van der Waals surface area (Å²) >= 11 is 0. The van der Waals surface area contributed by atoms with Crippen molar-refractivity contribution in [1.29, 1.82) is 5.26 Å². The summed E-state index contributed by atoms with van der Waals surface area (Å²) in [6.07, 6.45) is 3.18. The number of amides is 1. The highest BCUT2D eigenvalue weighted by atomic mass is 16.2. The normalized spacial score (nSPS) is 9.67. The van der Waals surface area contributed by atoms with Gasteiger partial charge in [0.15, 0.2) is 0 Å². The Hall–Kier alpha value is -2.09. The average molecular weight is 246 g/mol. The first kappa shape index (κ1) is 14.0. The van der Waals surface area contributed by atoms with Gasteiger partial charge in [-0.25, -0.2) is 0 Å². The third-order valence-corrected chi connectivity index (χ3v) is 2.82. The van der Waals surface area contributed by atoms with Crippen LogP contribution in [0.25, 0.3) is 0 Å². The number of anilines is 1. The van der Waals surface area contributed by atoms with Gasteiger partial charge in [-0.05, 0) is 19.9 Å². The molecule has 1 aromatic heterocycles. The van der Waals surface area contributed by atoms with E-state index in [1.807, 2.05) is 13.8 Å². The molecule has 1 rings (SSSR count). The second-order valence-corrected chi connectivity index (χ2v) is 3.93. The van der Waals surface area contributed by atoms with Crippen molar-refractivity contribution in [2.45, 2.75) is 13.8 Å². The molecule has 96 valence electrons. The Morgan fingerprint density at radius 1 is 1.44 bits per heavy atom. The number of aromatic nitrogens is 1. The van der Waals surface area contributed by atoms with Crippen LogP contribution in [-0.2, 0) is 4.79 Å². The minimum absolute atomic E-state index is 0.0512. The van der Waals surface area contributed by atoms with Crippen LogP contribution in [-0.4, -0.2) is 42.5 Å². The third-order valence-electron chi connectivity index (χ3n) is 2.82. The molecule has 1 heterocycles. The van der Waals surface area contributed by atoms with E-state index in [9.17, 15) is 4.79 Å². The topological polar surface area (TPSA) is 60.2 Å². The molecular formula is C13H18N4O. The lowest BCUT2D eigenvalue weighted by atomic mass is 10.2. The summed E-state index contributed by atoms with van der Waals surface area (Å²) in [5, 5.41) is 9.00. The molecule has 18 heavy (non-hydrogen) atoms. The molecule has 0 saturated carbocycles. The van der Waals surface area contributed by atoms with Gasteiger partial charge in [0.25, 0.3) is 0 Å². The molecule has 1 amide bonds. The lowest BCUT2D eigenvalue weighted by molar-refractivity contribution is -0.129. The molecule has 0 bridgehead atoms. The molecule has 0 aliphatic rings. The Morgan fingerprint density at radius 2 is 2.11 bits per heavy atom. The minimum Gasteiger partial charge on any atom is -0.363 e. The number of carbonyl (C=O) groups is 1. The summed E-state index contributed by atoms with van der Waals surface area (Å²) in [6, 6.07) is 3.75. The summed E-state index contributed by atoms with van der Waals surface area (Å²) in [6.45, 7) is 5.54. The van der Waals surface area contributed by atoms with Gasteiger partial charge in [0, 0.05) is 26.3 Å². The number of nitriles is 1. The minimum atomic E-state index is 0.0512. The summed E-state index contributed by atoms with van der Waals surface area (Å²) in [5.74, 6) is 0.0512. The van der Waals surface area contributed by atoms with Crippen LogP contribution in [0.3, 0.4) is 0 Å². The van der Waals surface area contributed by atoms with Crippen LogP contribution < -0.4 is 4.90 Å². The molecule has 0 fully saturated rings. The lowest BCUT2D eigenvalue weighted by Crippen LogP contribution is -2.39. The zero-order valence-corrected chi connectivity index (χ0v) is 11.1. The van der Waals surface area contributed by atoms with Gasteiger partial charge in [0.1, 0.15) is 6.07 Å². The standard InChI is InChI=1S/C13H18N4O/c1-4-17(5-2)13(18)10-16(3)12-9-15-7-6-11(12)8-14/h6-7,9H,4-5,10H2,1-3H3. The van der Waals surface area contributed by atoms with Crippen LogP contribution in [0.15, 0.2) is 18.5 Å². The molecule has 5 nitrogen and oxygen atoms in total. The molecule has 0 aliphatic heterocycles. The van der Waals surface area contributed by atoms with Crippen molar-refractivity contribution >= 4 is 11.6 Å². The highest BCUT2D eigenvalue weighted by Gasteiger charge is 2.14. The fraction of sp³-hybridized carbons (Fsp3) is 0.462. The number of likely N-dealkylation sites (N-methyl/N-ethyl adjacent to an activating group) is 2. The van der Waals surface area contributed by atoms with Crippen molar-refractivity contribution in [2.24, 2.45) is 0 Å². The smallest absolute Gasteiger partial charge is 0.242 e. The first-order chi connectivity index (χ1) is 8.63. The highest BCUT2D eigenvalue weighted by molar-refractivity contribution is 5.81. The van der Waals surface area contributed by atoms with Crippen molar-refractivity contribution in [3.8, 4) is 6.07 Å². The van der Waals surface area contributed by atoms with Crippen molar-refractivity contribution in [1.82, 2.24) is 9.88 Å². The third kappa shape index (κ3) is 3.20. The first-order valence-electron chi connectivity index (χ1n) is 5.97. The predicted octanol–water partition coefficient (Wildman–Crippen LogP) is 1.26. The molecule has 1 aromatic rings. The second-order valence-electron chi connectivity index (χ2n) is 3.93. The number of carbonyl (C=O) groups excluding carboxylic acids is 1. The Bertz CT molecular complexity index is 449. The van der Waals surface area contributed by atoms with Crippen molar-refractivity contribution in [2.75, 3.05) is 31.6 Å². The molecule has 0 atom stereocenters. The Labute approximate surface area is 108 Å². The Kier molecular flexibility index (Phi) is 5.12. The van der Waals surface area contributed by atoms with Crippen LogP contribution in [0.5, 0.6) is 0 Å². The van der Waals surface area contributed by atoms with Gasteiger partial charge in [-0.2, -0.15) is 5.26 Å². The maximum atomic E-state index is 12.0. The molecule has 0 aromatic carbocycles. The van der Waals surface area contributed by atoms with Gasteiger partial charge in [0.05, 0.1) is 24.0 Å². The molecule has 0 unspecified atom stereocenters. The zero-order chi connectivity index (χ0) is 13.5. The predicted molar refractivity (Wildman–Crippen MR) is 70.2 cm³/mol. The Balaban J connectivity index is 2.80. The van der Waals surface area contributed by atoms with Crippen LogP contribution >= 0.6 is 0 Å². The SMILES string of the molecule is CCN(CC)C(=O)CN(C)c1cnccc1C#N. The zero-order valence-electron chi connectivity index (χ0n) is 11.1. The van der Waals surface area contributed by atoms with Crippen molar-refractivity contribution in [3.63, 3.8) is 0 Å². The fourth-order valence-electron chi connectivity index (χ4n) is 1.75. The molecule has 0 radical (unpaired) electrons. The van der Waals surface area contributed by atoms with E-state index in [1.165, 1.54) is 0 Å². The number of hydrogen-bond acceptors (Lipinski definition) is 4. The van der Waals surface area contributed by atoms with E-state index in [4.69, 9.17) is 5.26 Å². The van der Waals surface area contributed by atoms with Crippen LogP contribution in [0.1, 0.15) is 19.4 Å². The largest absolute Gasteiger partial charge is 0.363 e. The first-order valence-corrected chi connectivity index (χ1v) is 5.97. The van der Waals surface area contributed by atoms with Gasteiger partial charge >= 0.3 is 0 Å². The van der Waals surface area contributed by atoms with Gasteiger partial charge in [-0.1, -0.05) is 0 Å². The van der Waals surface area contributed by atoms with E-state index < -0.39 is 0 Å². The molecule has 5 heteroatoms. The van der Waals surface area contributed by atoms with E-state index >= 15 is 0 Å². The van der Waals surface area contributed by atoms with E-state index in [1.54, 1.807) is 35.3 Å². The molecule has 0 spiro atoms. The highest BCUT2D eigenvalue weighted by Crippen LogP contribution is 2.16. The van der Waals surface area contributed by atoms with Gasteiger partial charge in [-0.15, -0.1) is 0 Å². The van der Waals surface area contributed by atoms with Crippen molar-refractivity contribution in [3.05, 3.63) is 24.0 Å². The van der Waals surface area contributed by atoms with Crippen LogP contribution in [0.4, 0.5) is 5.69 Å². The second kappa shape index (κ2) is 6.60. The number of nitrogens with zero attached hydrogens (tertiary/aromatic N) is 4. The van der Waals surface area contributed by atoms with Gasteiger partial charge in [-0.3, -0.25) is 9.78 Å². The maximum Gasteiger partial charge on any atom is 0.242 e. The quantitative estimate of drug-likeness (QED) is 0.784. The van der Waals surface area contributed by atoms with Crippen LogP contribution in [0, 0.1) is 11.3 Å². The van der Waals surface area contributed by atoms with Crippen molar-refractivity contribution < 1.29 is 4.79 Å². The number of hydrogen-bond donors (Lipinski definition) is 0. The lowest BCUT2D eigenvalue weighted by Gasteiger charge is -2.24. The van der Waals surface area contributed by atoms with E-state index in [2.05, 4.69) is 11.1 Å². The molecule has 0 N–H and O–H groups in total. The Morgan fingerprint density at radius 3 is 2.67 bits per heavy atom. The summed E-state index contributed by atoms with van der Waals surface area (Å²) in [7, 11) is 1.79. The average Bonchev–Trinajstić information content (AvgIpc) is 2.40. The van der Waals surface area contributed by atoms with E-state index in [0.717, 1.165) is 0 Å². The van der Waals surface area contributed by atoms with E-state index in [-0.39, 0.29) is 12.5 Å². The van der Waals surface area contributed by atoms with Crippen LogP contribution in [0.2, 0.25) is 0 Å². The summed E-state index contributed by atoms with van der Waals surface area (Å²) < 4.78 is 0. The monoisotopic (exact) mass is 246 g/mol. The summed E-state index contributed by atoms with van der Waals surface area (Å²) in [5.41, 5.74) is 1.21. The number of rotatable bonds is 5.